The lowest BCUT2D eigenvalue weighted by Crippen LogP contribution is -2.37. The summed E-state index contributed by atoms with van der Waals surface area (Å²) < 4.78 is 11.4. The van der Waals surface area contributed by atoms with E-state index in [2.05, 4.69) is 46.2 Å². The highest BCUT2D eigenvalue weighted by Crippen LogP contribution is 2.38. The molecule has 0 unspecified atom stereocenters. The second-order valence-corrected chi connectivity index (χ2v) is 8.34. The molecule has 1 fully saturated rings. The fraction of sp³-hybridized carbons (Fsp3) is 0.458. The number of hydrogen-bond acceptors (Lipinski definition) is 5. The minimum Gasteiger partial charge on any atom is -0.486 e. The first kappa shape index (κ1) is 20.5. The molecule has 0 N–H and O–H groups in total. The maximum atomic E-state index is 12.9. The van der Waals surface area contributed by atoms with E-state index in [0.717, 1.165) is 42.1 Å². The smallest absolute Gasteiger partial charge is 0.236 e. The number of likely N-dealkylation sites (tertiary alicyclic amines) is 1. The number of hydrogen-bond donors (Lipinski definition) is 0. The first-order chi connectivity index (χ1) is 14.5. The fourth-order valence-electron chi connectivity index (χ4n) is 4.22. The highest BCUT2D eigenvalue weighted by molar-refractivity contribution is 5.78. The summed E-state index contributed by atoms with van der Waals surface area (Å²) in [4.78, 5) is 19.1. The SMILES string of the molecule is CN(Cc1ccc(N(C)C)cc1)C(=O)CN1CCC[C@H]1c1ccc2c(c1)OCCO2. The molecule has 1 saturated heterocycles. The fourth-order valence-corrected chi connectivity index (χ4v) is 4.22. The number of rotatable bonds is 6. The first-order valence-electron chi connectivity index (χ1n) is 10.6. The van der Waals surface area contributed by atoms with E-state index in [-0.39, 0.29) is 11.9 Å². The summed E-state index contributed by atoms with van der Waals surface area (Å²) in [5, 5.41) is 0. The number of carbonyl (C=O) groups excluding carboxylic acids is 1. The van der Waals surface area contributed by atoms with Crippen LogP contribution in [-0.4, -0.2) is 63.2 Å². The molecule has 0 bridgehead atoms. The topological polar surface area (TPSA) is 45.2 Å². The molecule has 1 amide bonds. The van der Waals surface area contributed by atoms with Crippen LogP contribution < -0.4 is 14.4 Å². The zero-order chi connectivity index (χ0) is 21.1. The molecule has 2 aromatic carbocycles. The molecular formula is C24H31N3O3. The molecule has 0 aliphatic carbocycles. The van der Waals surface area contributed by atoms with Gasteiger partial charge in [-0.2, -0.15) is 0 Å². The molecule has 4 rings (SSSR count). The molecule has 30 heavy (non-hydrogen) atoms. The van der Waals surface area contributed by atoms with E-state index in [9.17, 15) is 4.79 Å². The summed E-state index contributed by atoms with van der Waals surface area (Å²) in [5.41, 5.74) is 3.50. The van der Waals surface area contributed by atoms with Gasteiger partial charge in [0.1, 0.15) is 13.2 Å². The third kappa shape index (κ3) is 4.54. The molecule has 160 valence electrons. The van der Waals surface area contributed by atoms with Crippen molar-refractivity contribution in [1.29, 1.82) is 0 Å². The van der Waals surface area contributed by atoms with Crippen molar-refractivity contribution in [3.63, 3.8) is 0 Å². The van der Waals surface area contributed by atoms with Gasteiger partial charge in [0.2, 0.25) is 5.91 Å². The summed E-state index contributed by atoms with van der Waals surface area (Å²) >= 11 is 0. The minimum atomic E-state index is 0.149. The Morgan fingerprint density at radius 1 is 1.03 bits per heavy atom. The standard InChI is InChI=1S/C24H31N3O3/c1-25(2)20-9-6-18(7-10-20)16-26(3)24(28)17-27-12-4-5-21(27)19-8-11-22-23(15-19)30-14-13-29-22/h6-11,15,21H,4-5,12-14,16-17H2,1-3H3/t21-/m0/s1. The number of fused-ring (bicyclic) bond motifs is 1. The largest absolute Gasteiger partial charge is 0.486 e. The van der Waals surface area contributed by atoms with Gasteiger partial charge in [0.15, 0.2) is 11.5 Å². The van der Waals surface area contributed by atoms with Crippen molar-refractivity contribution < 1.29 is 14.3 Å². The summed E-state index contributed by atoms with van der Waals surface area (Å²) in [6.45, 7) is 3.18. The van der Waals surface area contributed by atoms with Gasteiger partial charge in [-0.1, -0.05) is 18.2 Å². The van der Waals surface area contributed by atoms with Gasteiger partial charge in [0, 0.05) is 39.4 Å². The molecule has 0 aromatic heterocycles. The monoisotopic (exact) mass is 409 g/mol. The molecule has 2 heterocycles. The van der Waals surface area contributed by atoms with E-state index in [1.54, 1.807) is 0 Å². The van der Waals surface area contributed by atoms with E-state index < -0.39 is 0 Å². The van der Waals surface area contributed by atoms with Crippen molar-refractivity contribution in [3.8, 4) is 11.5 Å². The summed E-state index contributed by atoms with van der Waals surface area (Å²) in [6.07, 6.45) is 2.16. The Kier molecular flexibility index (Phi) is 6.13. The van der Waals surface area contributed by atoms with Crippen LogP contribution in [0.2, 0.25) is 0 Å². The molecule has 0 radical (unpaired) electrons. The van der Waals surface area contributed by atoms with E-state index in [0.29, 0.717) is 26.3 Å². The van der Waals surface area contributed by atoms with Crippen molar-refractivity contribution in [3.05, 3.63) is 53.6 Å². The highest BCUT2D eigenvalue weighted by Gasteiger charge is 2.29. The Morgan fingerprint density at radius 2 is 1.77 bits per heavy atom. The maximum Gasteiger partial charge on any atom is 0.236 e. The van der Waals surface area contributed by atoms with Crippen LogP contribution in [0.25, 0.3) is 0 Å². The lowest BCUT2D eigenvalue weighted by molar-refractivity contribution is -0.131. The Hall–Kier alpha value is -2.73. The molecule has 0 saturated carbocycles. The number of nitrogens with zero attached hydrogens (tertiary/aromatic N) is 3. The highest BCUT2D eigenvalue weighted by atomic mass is 16.6. The van der Waals surface area contributed by atoms with Crippen LogP contribution >= 0.6 is 0 Å². The Bertz CT molecular complexity index is 882. The average Bonchev–Trinajstić information content (AvgIpc) is 3.21. The Morgan fingerprint density at radius 3 is 2.50 bits per heavy atom. The molecule has 2 aliphatic heterocycles. The maximum absolute atomic E-state index is 12.9. The number of ether oxygens (including phenoxy) is 2. The molecule has 2 aromatic rings. The Labute approximate surface area is 179 Å². The van der Waals surface area contributed by atoms with E-state index >= 15 is 0 Å². The lowest BCUT2D eigenvalue weighted by Gasteiger charge is -2.28. The summed E-state index contributed by atoms with van der Waals surface area (Å²) in [6, 6.07) is 14.8. The van der Waals surface area contributed by atoms with Gasteiger partial charge in [0.05, 0.1) is 6.54 Å². The molecular weight excluding hydrogens is 378 g/mol. The quantitative estimate of drug-likeness (QED) is 0.732. The van der Waals surface area contributed by atoms with Crippen LogP contribution in [0.3, 0.4) is 0 Å². The van der Waals surface area contributed by atoms with E-state index in [4.69, 9.17) is 9.47 Å². The molecule has 0 spiro atoms. The van der Waals surface area contributed by atoms with Crippen molar-refractivity contribution in [1.82, 2.24) is 9.80 Å². The van der Waals surface area contributed by atoms with E-state index in [1.165, 1.54) is 5.56 Å². The predicted octanol–water partition coefficient (Wildman–Crippen LogP) is 3.32. The van der Waals surface area contributed by atoms with Crippen LogP contribution in [0.1, 0.15) is 30.0 Å². The first-order valence-corrected chi connectivity index (χ1v) is 10.6. The number of anilines is 1. The Balaban J connectivity index is 1.38. The van der Waals surface area contributed by atoms with Crippen molar-refractivity contribution >= 4 is 11.6 Å². The lowest BCUT2D eigenvalue weighted by atomic mass is 10.0. The molecule has 1 atom stereocenters. The van der Waals surface area contributed by atoms with Crippen LogP contribution in [0.15, 0.2) is 42.5 Å². The van der Waals surface area contributed by atoms with Gasteiger partial charge < -0.3 is 19.3 Å². The number of benzene rings is 2. The molecule has 6 nitrogen and oxygen atoms in total. The van der Waals surface area contributed by atoms with Gasteiger partial charge in [-0.25, -0.2) is 0 Å². The second kappa shape index (κ2) is 8.96. The van der Waals surface area contributed by atoms with Gasteiger partial charge in [-0.3, -0.25) is 9.69 Å². The van der Waals surface area contributed by atoms with Crippen LogP contribution in [0.4, 0.5) is 5.69 Å². The third-order valence-electron chi connectivity index (χ3n) is 5.95. The van der Waals surface area contributed by atoms with Gasteiger partial charge in [-0.15, -0.1) is 0 Å². The van der Waals surface area contributed by atoms with Gasteiger partial charge in [-0.05, 0) is 54.8 Å². The predicted molar refractivity (Wildman–Crippen MR) is 118 cm³/mol. The van der Waals surface area contributed by atoms with Crippen LogP contribution in [-0.2, 0) is 11.3 Å². The average molecular weight is 410 g/mol. The number of likely N-dealkylation sites (N-methyl/N-ethyl adjacent to an activating group) is 1. The van der Waals surface area contributed by atoms with Crippen molar-refractivity contribution in [2.75, 3.05) is 52.3 Å². The minimum absolute atomic E-state index is 0.149. The summed E-state index contributed by atoms with van der Waals surface area (Å²) in [5.74, 6) is 1.77. The van der Waals surface area contributed by atoms with Crippen LogP contribution in [0, 0.1) is 0 Å². The van der Waals surface area contributed by atoms with Gasteiger partial charge >= 0.3 is 0 Å². The molecule has 2 aliphatic rings. The zero-order valence-corrected chi connectivity index (χ0v) is 18.1. The van der Waals surface area contributed by atoms with Crippen molar-refractivity contribution in [2.45, 2.75) is 25.4 Å². The molecule has 6 heteroatoms. The number of amides is 1. The van der Waals surface area contributed by atoms with Gasteiger partial charge in [0.25, 0.3) is 0 Å². The zero-order valence-electron chi connectivity index (χ0n) is 18.1. The van der Waals surface area contributed by atoms with Crippen LogP contribution in [0.5, 0.6) is 11.5 Å². The summed E-state index contributed by atoms with van der Waals surface area (Å²) in [7, 11) is 5.94. The number of carbonyl (C=O) groups is 1. The normalized spacial score (nSPS) is 18.3. The van der Waals surface area contributed by atoms with E-state index in [1.807, 2.05) is 32.1 Å². The van der Waals surface area contributed by atoms with Crippen molar-refractivity contribution in [2.24, 2.45) is 0 Å². The second-order valence-electron chi connectivity index (χ2n) is 8.34. The third-order valence-corrected chi connectivity index (χ3v) is 5.95.